The average molecular weight is 1100 g/mol. The lowest BCUT2D eigenvalue weighted by atomic mass is 9.96. The maximum absolute atomic E-state index is 13.3. The van der Waals surface area contributed by atoms with Crippen molar-refractivity contribution in [2.24, 2.45) is 0 Å². The Morgan fingerprint density at radius 2 is 0.896 bits per heavy atom. The number of ether oxygens (including phenoxy) is 6. The molecule has 1 amide bonds. The van der Waals surface area contributed by atoms with Crippen LogP contribution in [0.5, 0.6) is 0 Å². The summed E-state index contributed by atoms with van der Waals surface area (Å²) in [5, 5.41) is 120. The van der Waals surface area contributed by atoms with Gasteiger partial charge in [0, 0.05) is 6.42 Å². The molecule has 3 rings (SSSR count). The molecule has 0 bridgehead atoms. The summed E-state index contributed by atoms with van der Waals surface area (Å²) in [5.74, 6) is -0.285. The maximum atomic E-state index is 13.3. The summed E-state index contributed by atoms with van der Waals surface area (Å²) in [6.07, 6.45) is 17.7. The highest BCUT2D eigenvalue weighted by atomic mass is 16.8. The fourth-order valence-electron chi connectivity index (χ4n) is 9.83. The second kappa shape index (κ2) is 41.7. The van der Waals surface area contributed by atoms with Crippen molar-refractivity contribution in [2.75, 3.05) is 26.4 Å². The molecule has 0 aromatic carbocycles. The van der Waals surface area contributed by atoms with Crippen LogP contribution in [0.4, 0.5) is 0 Å². The third-order valence-corrected chi connectivity index (χ3v) is 14.7. The van der Waals surface area contributed by atoms with Gasteiger partial charge < -0.3 is 89.9 Å². The first-order valence-electron chi connectivity index (χ1n) is 29.4. The van der Waals surface area contributed by atoms with Crippen LogP contribution in [0.1, 0.15) is 181 Å². The summed E-state index contributed by atoms with van der Waals surface area (Å²) in [6, 6.07) is -0.909. The monoisotopic (exact) mass is 1100 g/mol. The molecule has 0 aliphatic carbocycles. The van der Waals surface area contributed by atoms with Gasteiger partial charge in [-0.15, -0.1) is 0 Å². The summed E-state index contributed by atoms with van der Waals surface area (Å²) in [5.41, 5.74) is 0. The number of aliphatic hydroxyl groups is 11. The number of carbonyl (C=O) groups excluding carboxylic acids is 1. The molecule has 0 saturated carbocycles. The smallest absolute Gasteiger partial charge is 0.220 e. The largest absolute Gasteiger partial charge is 0.394 e. The number of nitrogens with one attached hydrogen (secondary N) is 1. The number of amides is 1. The van der Waals surface area contributed by atoms with Crippen LogP contribution in [-0.4, -0.2) is 193 Å². The third-order valence-electron chi connectivity index (χ3n) is 14.7. The lowest BCUT2D eigenvalue weighted by Gasteiger charge is -2.48. The first kappa shape index (κ1) is 69.0. The van der Waals surface area contributed by atoms with Crippen LogP contribution < -0.4 is 5.32 Å². The van der Waals surface area contributed by atoms with Gasteiger partial charge in [-0.1, -0.05) is 172 Å². The van der Waals surface area contributed by atoms with Crippen molar-refractivity contribution in [1.29, 1.82) is 0 Å². The molecule has 17 unspecified atom stereocenters. The van der Waals surface area contributed by atoms with Gasteiger partial charge in [-0.3, -0.25) is 4.79 Å². The van der Waals surface area contributed by atoms with E-state index in [4.69, 9.17) is 28.4 Å². The van der Waals surface area contributed by atoms with Crippen LogP contribution in [0.3, 0.4) is 0 Å². The molecule has 3 aliphatic heterocycles. The second-order valence-corrected chi connectivity index (χ2v) is 21.1. The minimum Gasteiger partial charge on any atom is -0.394 e. The predicted molar refractivity (Wildman–Crippen MR) is 291 cm³/mol. The Kier molecular flexibility index (Phi) is 37.4. The fraction of sp³-hybridized carbons (Fsp3) is 0.845. The lowest BCUT2D eigenvalue weighted by Crippen LogP contribution is -2.66. The maximum Gasteiger partial charge on any atom is 0.220 e. The number of hydrogen-bond acceptors (Lipinski definition) is 18. The number of rotatable bonds is 42. The topological polar surface area (TPSA) is 307 Å². The minimum atomic E-state index is -1.98. The molecule has 77 heavy (non-hydrogen) atoms. The highest BCUT2D eigenvalue weighted by Crippen LogP contribution is 2.33. The Hall–Kier alpha value is -2.25. The molecule has 0 spiro atoms. The van der Waals surface area contributed by atoms with Gasteiger partial charge in [-0.25, -0.2) is 0 Å². The van der Waals surface area contributed by atoms with E-state index < -0.39 is 124 Å². The molecular formula is C58H103NO18. The van der Waals surface area contributed by atoms with Gasteiger partial charge in [0.1, 0.15) is 73.2 Å². The number of aliphatic hydroxyl groups excluding tert-OH is 11. The first-order valence-corrected chi connectivity index (χ1v) is 29.4. The molecule has 0 aromatic heterocycles. The van der Waals surface area contributed by atoms with Crippen molar-refractivity contribution in [3.63, 3.8) is 0 Å². The van der Waals surface area contributed by atoms with E-state index in [-0.39, 0.29) is 18.9 Å². The molecule has 3 heterocycles. The average Bonchev–Trinajstić information content (AvgIpc) is 3.43. The molecule has 3 aliphatic rings. The molecular weight excluding hydrogens is 999 g/mol. The van der Waals surface area contributed by atoms with Crippen molar-refractivity contribution < 1.29 is 89.4 Å². The van der Waals surface area contributed by atoms with Gasteiger partial charge in [0.25, 0.3) is 0 Å². The Labute approximate surface area is 459 Å². The zero-order chi connectivity index (χ0) is 56.2. The van der Waals surface area contributed by atoms with E-state index in [0.29, 0.717) is 12.8 Å². The van der Waals surface area contributed by atoms with Crippen molar-refractivity contribution >= 4 is 5.91 Å². The van der Waals surface area contributed by atoms with Crippen LogP contribution in [0.25, 0.3) is 0 Å². The van der Waals surface area contributed by atoms with Gasteiger partial charge in [-0.05, 0) is 51.4 Å². The van der Waals surface area contributed by atoms with Crippen LogP contribution in [0.2, 0.25) is 0 Å². The summed E-state index contributed by atoms with van der Waals surface area (Å²) >= 11 is 0. The molecule has 17 atom stereocenters. The Morgan fingerprint density at radius 1 is 0.481 bits per heavy atom. The summed E-state index contributed by atoms with van der Waals surface area (Å²) < 4.78 is 34.2. The molecule has 448 valence electrons. The van der Waals surface area contributed by atoms with E-state index >= 15 is 0 Å². The van der Waals surface area contributed by atoms with Gasteiger partial charge in [0.15, 0.2) is 18.9 Å². The number of hydrogen-bond donors (Lipinski definition) is 12. The van der Waals surface area contributed by atoms with Crippen LogP contribution in [-0.2, 0) is 33.2 Å². The van der Waals surface area contributed by atoms with Gasteiger partial charge in [0.05, 0.1) is 38.6 Å². The minimum absolute atomic E-state index is 0.213. The standard InChI is InChI=1S/C58H103NO18/c1-3-5-7-9-11-13-15-17-19-20-22-23-25-27-29-31-33-35-42(63)41(59-46(64)36-34-32-30-28-26-24-21-18-16-14-12-10-8-6-4-2)40-72-56-52(70)49(67)54(44(38-61)74-56)77-58-53(71)50(68)55(45(39-62)75-58)76-57-51(69)48(66)47(65)43(37-60)73-57/h6,8,12,14,18,21,26,28,41-45,47-58,60-63,65-71H,3-5,7,9-11,13,15-17,19-20,22-25,27,29-40H2,1-2H3,(H,59,64)/b8-6-,14-12-,21-18-,28-26-. The summed E-state index contributed by atoms with van der Waals surface area (Å²) in [7, 11) is 0. The fourth-order valence-corrected chi connectivity index (χ4v) is 9.83. The summed E-state index contributed by atoms with van der Waals surface area (Å²) in [4.78, 5) is 13.3. The molecule has 19 heteroatoms. The van der Waals surface area contributed by atoms with Gasteiger partial charge >= 0.3 is 0 Å². The Balaban J connectivity index is 1.52. The highest BCUT2D eigenvalue weighted by molar-refractivity contribution is 5.76. The normalized spacial score (nSPS) is 31.1. The molecule has 3 fully saturated rings. The molecule has 3 saturated heterocycles. The van der Waals surface area contributed by atoms with E-state index in [1.807, 2.05) is 0 Å². The lowest BCUT2D eigenvalue weighted by molar-refractivity contribution is -0.379. The van der Waals surface area contributed by atoms with Gasteiger partial charge in [-0.2, -0.15) is 0 Å². The highest BCUT2D eigenvalue weighted by Gasteiger charge is 2.53. The zero-order valence-corrected chi connectivity index (χ0v) is 46.4. The van der Waals surface area contributed by atoms with Crippen molar-refractivity contribution in [3.05, 3.63) is 48.6 Å². The van der Waals surface area contributed by atoms with Gasteiger partial charge in [0.2, 0.25) is 5.91 Å². The molecule has 0 aromatic rings. The number of carbonyl (C=O) groups is 1. The SMILES string of the molecule is CC/C=C\C/C=C\C/C=C\C/C=C\CCCCC(=O)NC(COC1OC(CO)C(OC2OC(CO)C(OC3OC(CO)C(O)C(O)C3O)C(O)C2O)C(O)C1O)C(O)CCCCCCCCCCCCCCCCCCC. The molecule has 12 N–H and O–H groups in total. The third kappa shape index (κ3) is 26.0. The van der Waals surface area contributed by atoms with Crippen LogP contribution >= 0.6 is 0 Å². The molecule has 19 nitrogen and oxygen atoms in total. The van der Waals surface area contributed by atoms with Crippen LogP contribution in [0, 0.1) is 0 Å². The predicted octanol–water partition coefficient (Wildman–Crippen LogP) is 4.70. The Bertz CT molecular complexity index is 1600. The van der Waals surface area contributed by atoms with E-state index in [9.17, 15) is 61.0 Å². The van der Waals surface area contributed by atoms with Crippen molar-refractivity contribution in [1.82, 2.24) is 5.32 Å². The van der Waals surface area contributed by atoms with E-state index in [0.717, 1.165) is 64.2 Å². The van der Waals surface area contributed by atoms with Crippen molar-refractivity contribution in [2.45, 2.75) is 285 Å². The summed E-state index contributed by atoms with van der Waals surface area (Å²) in [6.45, 7) is 1.63. The Morgan fingerprint density at radius 3 is 1.38 bits per heavy atom. The molecule has 0 radical (unpaired) electrons. The quantitative estimate of drug-likeness (QED) is 0.0291. The second-order valence-electron chi connectivity index (χ2n) is 21.1. The zero-order valence-electron chi connectivity index (χ0n) is 46.4. The number of allylic oxidation sites excluding steroid dienone is 8. The number of unbranched alkanes of at least 4 members (excludes halogenated alkanes) is 18. The van der Waals surface area contributed by atoms with E-state index in [1.54, 1.807) is 0 Å². The van der Waals surface area contributed by atoms with Crippen molar-refractivity contribution in [3.8, 4) is 0 Å². The van der Waals surface area contributed by atoms with E-state index in [2.05, 4.69) is 67.8 Å². The van der Waals surface area contributed by atoms with E-state index in [1.165, 1.54) is 83.5 Å². The first-order chi connectivity index (χ1) is 37.3. The van der Waals surface area contributed by atoms with Crippen LogP contribution in [0.15, 0.2) is 48.6 Å².